The summed E-state index contributed by atoms with van der Waals surface area (Å²) in [4.78, 5) is 12.5. The molecule has 0 aliphatic heterocycles. The van der Waals surface area contributed by atoms with E-state index in [-0.39, 0.29) is 12.7 Å². The van der Waals surface area contributed by atoms with Crippen LogP contribution >= 0.6 is 113 Å². The lowest BCUT2D eigenvalue weighted by atomic mass is 10.2. The average molecular weight is 873 g/mol. The van der Waals surface area contributed by atoms with Gasteiger partial charge in [0.15, 0.2) is 6.79 Å². The van der Waals surface area contributed by atoms with Gasteiger partial charge in [-0.3, -0.25) is 4.79 Å². The summed E-state index contributed by atoms with van der Waals surface area (Å²) in [6.07, 6.45) is 0. The van der Waals surface area contributed by atoms with Crippen molar-refractivity contribution in [2.75, 3.05) is 12.1 Å². The molecule has 0 aliphatic carbocycles. The van der Waals surface area contributed by atoms with E-state index in [0.29, 0.717) is 11.3 Å². The van der Waals surface area contributed by atoms with Crippen LogP contribution in [-0.2, 0) is 0 Å². The maximum Gasteiger partial charge on any atom is 0.255 e. The molecule has 0 saturated heterocycles. The molecule has 0 aromatic heterocycles. The molecule has 0 saturated carbocycles. The summed E-state index contributed by atoms with van der Waals surface area (Å²) in [5.41, 5.74) is 1.37. The van der Waals surface area contributed by atoms with Crippen molar-refractivity contribution in [2.24, 2.45) is 0 Å². The first-order valence-electron chi connectivity index (χ1n) is 6.02. The SMILES string of the molecule is O=C(Nc1c(I)cc(OCO)cc1I)c1cc(I)c(I)c(I)c1. The maximum atomic E-state index is 12.5. The van der Waals surface area contributed by atoms with Gasteiger partial charge in [0, 0.05) is 23.4 Å². The van der Waals surface area contributed by atoms with Gasteiger partial charge in [-0.15, -0.1) is 0 Å². The van der Waals surface area contributed by atoms with Gasteiger partial charge in [-0.25, -0.2) is 0 Å². The Kier molecular flexibility index (Phi) is 8.35. The number of carbonyl (C=O) groups excluding carboxylic acids is 1. The van der Waals surface area contributed by atoms with Gasteiger partial charge in [-0.1, -0.05) is 0 Å². The van der Waals surface area contributed by atoms with E-state index < -0.39 is 0 Å². The lowest BCUT2D eigenvalue weighted by Crippen LogP contribution is -2.15. The van der Waals surface area contributed by atoms with Gasteiger partial charge < -0.3 is 15.2 Å². The molecule has 0 radical (unpaired) electrons. The van der Waals surface area contributed by atoms with Crippen LogP contribution < -0.4 is 10.1 Å². The van der Waals surface area contributed by atoms with Gasteiger partial charge in [-0.05, 0) is 137 Å². The van der Waals surface area contributed by atoms with Crippen LogP contribution in [0.25, 0.3) is 0 Å². The van der Waals surface area contributed by atoms with Crippen LogP contribution in [0.5, 0.6) is 5.75 Å². The number of hydrogen-bond acceptors (Lipinski definition) is 3. The highest BCUT2D eigenvalue weighted by Crippen LogP contribution is 2.31. The van der Waals surface area contributed by atoms with Crippen LogP contribution in [0, 0.1) is 17.9 Å². The summed E-state index contributed by atoms with van der Waals surface area (Å²) >= 11 is 11.0. The highest BCUT2D eigenvalue weighted by molar-refractivity contribution is 14.1. The predicted octanol–water partition coefficient (Wildman–Crippen LogP) is 5.29. The van der Waals surface area contributed by atoms with Crippen molar-refractivity contribution in [2.45, 2.75) is 0 Å². The van der Waals surface area contributed by atoms with Crippen molar-refractivity contribution in [3.63, 3.8) is 0 Å². The van der Waals surface area contributed by atoms with Crippen molar-refractivity contribution in [3.8, 4) is 5.75 Å². The normalized spacial score (nSPS) is 10.5. The number of halogens is 5. The second kappa shape index (κ2) is 9.31. The standard InChI is InChI=1S/C14H8I5NO3/c15-8-1-6(2-9(16)12(8)19)14(22)20-13-10(17)3-7(23-5-21)4-11(13)18/h1-4,21H,5H2,(H,20,22). The largest absolute Gasteiger partial charge is 0.468 e. The van der Waals surface area contributed by atoms with Crippen molar-refractivity contribution < 1.29 is 14.6 Å². The average Bonchev–Trinajstić information content (AvgIpc) is 2.48. The maximum absolute atomic E-state index is 12.5. The van der Waals surface area contributed by atoms with Crippen LogP contribution in [0.3, 0.4) is 0 Å². The molecule has 0 heterocycles. The number of hydrogen-bond donors (Lipinski definition) is 2. The van der Waals surface area contributed by atoms with E-state index in [2.05, 4.69) is 118 Å². The Morgan fingerprint density at radius 1 is 0.957 bits per heavy atom. The zero-order chi connectivity index (χ0) is 17.1. The minimum atomic E-state index is -0.378. The Morgan fingerprint density at radius 2 is 1.48 bits per heavy atom. The Morgan fingerprint density at radius 3 is 1.96 bits per heavy atom. The molecule has 9 heteroatoms. The molecule has 2 rings (SSSR count). The summed E-state index contributed by atoms with van der Waals surface area (Å²) < 4.78 is 10.0. The van der Waals surface area contributed by atoms with E-state index in [1.165, 1.54) is 0 Å². The van der Waals surface area contributed by atoms with Gasteiger partial charge in [-0.2, -0.15) is 0 Å². The molecular weight excluding hydrogens is 865 g/mol. The number of rotatable bonds is 4. The molecular formula is C14H8I5NO3. The quantitative estimate of drug-likeness (QED) is 0.250. The molecule has 2 aromatic carbocycles. The summed E-state index contributed by atoms with van der Waals surface area (Å²) in [5, 5.41) is 11.8. The Hall–Kier alpha value is 1.32. The van der Waals surface area contributed by atoms with Crippen molar-refractivity contribution in [1.82, 2.24) is 0 Å². The minimum Gasteiger partial charge on any atom is -0.468 e. The van der Waals surface area contributed by atoms with E-state index in [9.17, 15) is 4.79 Å². The number of aliphatic hydroxyl groups excluding tert-OH is 1. The number of benzene rings is 2. The van der Waals surface area contributed by atoms with Crippen LogP contribution in [0.15, 0.2) is 24.3 Å². The molecule has 0 fully saturated rings. The van der Waals surface area contributed by atoms with E-state index in [1.807, 2.05) is 12.1 Å². The van der Waals surface area contributed by atoms with Crippen LogP contribution in [-0.4, -0.2) is 17.8 Å². The first-order chi connectivity index (χ1) is 10.8. The van der Waals surface area contributed by atoms with E-state index in [4.69, 9.17) is 9.84 Å². The smallest absolute Gasteiger partial charge is 0.255 e. The third-order valence-electron chi connectivity index (χ3n) is 2.73. The zero-order valence-electron chi connectivity index (χ0n) is 11.2. The monoisotopic (exact) mass is 873 g/mol. The number of nitrogens with one attached hydrogen (secondary N) is 1. The van der Waals surface area contributed by atoms with Gasteiger partial charge in [0.25, 0.3) is 5.91 Å². The Labute approximate surface area is 201 Å². The highest BCUT2D eigenvalue weighted by Gasteiger charge is 2.15. The molecule has 0 spiro atoms. The molecule has 0 bridgehead atoms. The Bertz CT molecular complexity index is 720. The molecule has 0 atom stereocenters. The second-order valence-corrected chi connectivity index (χ2v) is 9.97. The van der Waals surface area contributed by atoms with Crippen LogP contribution in [0.1, 0.15) is 10.4 Å². The van der Waals surface area contributed by atoms with Crippen molar-refractivity contribution in [3.05, 3.63) is 47.7 Å². The summed E-state index contributed by atoms with van der Waals surface area (Å²) in [6, 6.07) is 7.30. The molecule has 2 aromatic rings. The van der Waals surface area contributed by atoms with Crippen LogP contribution in [0.4, 0.5) is 5.69 Å². The molecule has 4 nitrogen and oxygen atoms in total. The fraction of sp³-hybridized carbons (Fsp3) is 0.0714. The lowest BCUT2D eigenvalue weighted by molar-refractivity contribution is 0.0982. The minimum absolute atomic E-state index is 0.149. The second-order valence-electron chi connectivity index (χ2n) is 4.24. The topological polar surface area (TPSA) is 58.6 Å². The number of carbonyl (C=O) groups is 1. The number of anilines is 1. The molecule has 0 aliphatic rings. The molecule has 122 valence electrons. The van der Waals surface area contributed by atoms with Crippen molar-refractivity contribution in [1.29, 1.82) is 0 Å². The molecule has 1 amide bonds. The first-order valence-corrected chi connectivity index (χ1v) is 11.4. The molecule has 0 unspecified atom stereocenters. The number of amides is 1. The summed E-state index contributed by atoms with van der Waals surface area (Å²) in [7, 11) is 0. The third-order valence-corrected chi connectivity index (χ3v) is 9.36. The number of aliphatic hydroxyl groups is 1. The van der Waals surface area contributed by atoms with E-state index >= 15 is 0 Å². The highest BCUT2D eigenvalue weighted by atomic mass is 127. The van der Waals surface area contributed by atoms with Gasteiger partial charge in [0.1, 0.15) is 5.75 Å². The molecule has 23 heavy (non-hydrogen) atoms. The van der Waals surface area contributed by atoms with Gasteiger partial charge in [0.05, 0.1) is 5.69 Å². The third kappa shape index (κ3) is 5.40. The van der Waals surface area contributed by atoms with E-state index in [0.717, 1.165) is 23.5 Å². The summed E-state index contributed by atoms with van der Waals surface area (Å²) in [5.74, 6) is 0.418. The predicted molar refractivity (Wildman–Crippen MR) is 132 cm³/mol. The number of ether oxygens (including phenoxy) is 1. The fourth-order valence-corrected chi connectivity index (χ4v) is 5.76. The van der Waals surface area contributed by atoms with Gasteiger partial charge >= 0.3 is 0 Å². The fourth-order valence-electron chi connectivity index (χ4n) is 1.70. The van der Waals surface area contributed by atoms with Gasteiger partial charge in [0.2, 0.25) is 0 Å². The van der Waals surface area contributed by atoms with E-state index in [1.54, 1.807) is 12.1 Å². The Balaban J connectivity index is 2.30. The lowest BCUT2D eigenvalue weighted by Gasteiger charge is -2.13. The molecule has 2 N–H and O–H groups in total. The van der Waals surface area contributed by atoms with Crippen molar-refractivity contribution >= 4 is 125 Å². The zero-order valence-corrected chi connectivity index (χ0v) is 22.0. The first kappa shape index (κ1) is 20.6. The summed E-state index contributed by atoms with van der Waals surface area (Å²) in [6.45, 7) is -0.378. The van der Waals surface area contributed by atoms with Crippen LogP contribution in [0.2, 0.25) is 0 Å².